The Morgan fingerprint density at radius 3 is 2.11 bits per heavy atom. The third-order valence-electron chi connectivity index (χ3n) is 5.29. The molecule has 0 spiro atoms. The second kappa shape index (κ2) is 8.25. The van der Waals surface area contributed by atoms with Crippen LogP contribution in [0.5, 0.6) is 0 Å². The largest absolute Gasteiger partial charge is 0.467 e. The molecule has 0 saturated heterocycles. The van der Waals surface area contributed by atoms with Gasteiger partial charge in [0, 0.05) is 5.92 Å². The number of carbonyl (C=O) groups excluding carboxylic acids is 2. The minimum Gasteiger partial charge on any atom is -0.467 e. The van der Waals surface area contributed by atoms with E-state index in [0.29, 0.717) is 0 Å². The van der Waals surface area contributed by atoms with Crippen LogP contribution in [-0.4, -0.2) is 31.8 Å². The number of fused-ring (bicyclic) bond motifs is 3. The highest BCUT2D eigenvalue weighted by atomic mass is 16.6. The van der Waals surface area contributed by atoms with Crippen molar-refractivity contribution < 1.29 is 19.1 Å². The molecule has 3 rings (SSSR count). The van der Waals surface area contributed by atoms with Gasteiger partial charge in [0.2, 0.25) is 0 Å². The Bertz CT molecular complexity index is 787. The van der Waals surface area contributed by atoms with E-state index in [4.69, 9.17) is 9.47 Å². The van der Waals surface area contributed by atoms with Crippen LogP contribution in [0.1, 0.15) is 37.3 Å². The number of hydrogen-bond donors (Lipinski definition) is 1. The summed E-state index contributed by atoms with van der Waals surface area (Å²) in [6, 6.07) is 15.6. The van der Waals surface area contributed by atoms with Gasteiger partial charge < -0.3 is 14.8 Å². The number of esters is 1. The molecule has 0 unspecified atom stereocenters. The zero-order valence-corrected chi connectivity index (χ0v) is 15.9. The van der Waals surface area contributed by atoms with Crippen molar-refractivity contribution in [1.29, 1.82) is 0 Å². The molecular weight excluding hydrogens is 342 g/mol. The first-order valence-corrected chi connectivity index (χ1v) is 9.26. The molecule has 5 nitrogen and oxygen atoms in total. The van der Waals surface area contributed by atoms with E-state index in [1.807, 2.05) is 38.1 Å². The first-order valence-electron chi connectivity index (χ1n) is 9.26. The summed E-state index contributed by atoms with van der Waals surface area (Å²) in [5.74, 6) is -0.515. The van der Waals surface area contributed by atoms with Crippen LogP contribution in [0.4, 0.5) is 4.79 Å². The minimum absolute atomic E-state index is 0.0108. The Morgan fingerprint density at radius 1 is 1.04 bits per heavy atom. The maximum atomic E-state index is 12.3. The average molecular weight is 367 g/mol. The number of amides is 1. The number of ether oxygens (including phenoxy) is 2. The summed E-state index contributed by atoms with van der Waals surface area (Å²) >= 11 is 0. The van der Waals surface area contributed by atoms with Gasteiger partial charge in [0.1, 0.15) is 12.6 Å². The van der Waals surface area contributed by atoms with Crippen molar-refractivity contribution in [3.05, 3.63) is 59.7 Å². The highest BCUT2D eigenvalue weighted by Gasteiger charge is 2.31. The topological polar surface area (TPSA) is 64.6 Å². The molecule has 27 heavy (non-hydrogen) atoms. The molecule has 1 aliphatic rings. The summed E-state index contributed by atoms with van der Waals surface area (Å²) < 4.78 is 10.3. The molecule has 2 aromatic carbocycles. The highest BCUT2D eigenvalue weighted by molar-refractivity contribution is 5.82. The van der Waals surface area contributed by atoms with E-state index in [2.05, 4.69) is 29.6 Å². The quantitative estimate of drug-likeness (QED) is 0.780. The Labute approximate surface area is 159 Å². The Morgan fingerprint density at radius 2 is 1.59 bits per heavy atom. The fourth-order valence-electron chi connectivity index (χ4n) is 3.56. The van der Waals surface area contributed by atoms with E-state index in [-0.39, 0.29) is 18.4 Å². The predicted molar refractivity (Wildman–Crippen MR) is 103 cm³/mol. The number of hydrogen-bond acceptors (Lipinski definition) is 4. The van der Waals surface area contributed by atoms with Crippen LogP contribution in [0.25, 0.3) is 11.1 Å². The molecule has 1 amide bonds. The Hall–Kier alpha value is -2.82. The van der Waals surface area contributed by atoms with Crippen LogP contribution in [0.3, 0.4) is 0 Å². The first-order chi connectivity index (χ1) is 13.1. The lowest BCUT2D eigenvalue weighted by atomic mass is 9.98. The lowest BCUT2D eigenvalue weighted by molar-refractivity contribution is -0.144. The summed E-state index contributed by atoms with van der Waals surface area (Å²) in [7, 11) is 1.32. The normalized spacial score (nSPS) is 14.6. The van der Waals surface area contributed by atoms with Crippen molar-refractivity contribution in [2.45, 2.75) is 32.2 Å². The second-order valence-corrected chi connectivity index (χ2v) is 6.86. The van der Waals surface area contributed by atoms with Gasteiger partial charge in [-0.2, -0.15) is 0 Å². The molecule has 5 heteroatoms. The van der Waals surface area contributed by atoms with E-state index in [0.717, 1.165) is 17.5 Å². The standard InChI is InChI=1S/C22H25NO4/c1-4-14(2)20(21(24)26-3)23-22(25)27-13-19-17-11-7-5-9-15(17)16-10-6-8-12-18(16)19/h5-12,14,19-20H,4,13H2,1-3H3,(H,23,25)/t14-,20-/m0/s1. The number of methoxy groups -OCH3 is 1. The van der Waals surface area contributed by atoms with Crippen LogP contribution in [-0.2, 0) is 14.3 Å². The number of alkyl carbamates (subject to hydrolysis) is 1. The molecule has 0 fully saturated rings. The molecule has 1 aliphatic carbocycles. The van der Waals surface area contributed by atoms with Gasteiger partial charge in [-0.25, -0.2) is 9.59 Å². The summed E-state index contributed by atoms with van der Waals surface area (Å²) in [5.41, 5.74) is 4.65. The first kappa shape index (κ1) is 19.0. The lowest BCUT2D eigenvalue weighted by Crippen LogP contribution is -2.46. The van der Waals surface area contributed by atoms with E-state index < -0.39 is 18.1 Å². The maximum Gasteiger partial charge on any atom is 0.407 e. The summed E-state index contributed by atoms with van der Waals surface area (Å²) in [6.45, 7) is 4.07. The van der Waals surface area contributed by atoms with Crippen molar-refractivity contribution in [3.8, 4) is 11.1 Å². The molecule has 0 saturated carbocycles. The van der Waals surface area contributed by atoms with Crippen LogP contribution >= 0.6 is 0 Å². The number of nitrogens with one attached hydrogen (secondary N) is 1. The molecule has 0 bridgehead atoms. The summed E-state index contributed by atoms with van der Waals surface area (Å²) in [5, 5.41) is 2.65. The minimum atomic E-state index is -0.712. The zero-order valence-electron chi connectivity index (χ0n) is 15.9. The molecule has 0 heterocycles. The number of rotatable bonds is 6. The van der Waals surface area contributed by atoms with E-state index >= 15 is 0 Å². The third kappa shape index (κ3) is 3.82. The van der Waals surface area contributed by atoms with Crippen LogP contribution < -0.4 is 5.32 Å². The van der Waals surface area contributed by atoms with Crippen LogP contribution in [0.15, 0.2) is 48.5 Å². The van der Waals surface area contributed by atoms with Gasteiger partial charge >= 0.3 is 12.1 Å². The van der Waals surface area contributed by atoms with Gasteiger partial charge in [0.25, 0.3) is 0 Å². The summed E-state index contributed by atoms with van der Waals surface area (Å²) in [6.07, 6.45) is 0.135. The molecule has 142 valence electrons. The van der Waals surface area contributed by atoms with Crippen molar-refractivity contribution in [3.63, 3.8) is 0 Å². The van der Waals surface area contributed by atoms with Crippen molar-refractivity contribution in [2.24, 2.45) is 5.92 Å². The predicted octanol–water partition coefficient (Wildman–Crippen LogP) is 4.11. The number of carbonyl (C=O) groups is 2. The molecule has 2 aromatic rings. The van der Waals surface area contributed by atoms with Gasteiger partial charge in [0.05, 0.1) is 7.11 Å². The van der Waals surface area contributed by atoms with Crippen molar-refractivity contribution in [2.75, 3.05) is 13.7 Å². The lowest BCUT2D eigenvalue weighted by Gasteiger charge is -2.22. The monoisotopic (exact) mass is 367 g/mol. The smallest absolute Gasteiger partial charge is 0.407 e. The van der Waals surface area contributed by atoms with E-state index in [9.17, 15) is 9.59 Å². The molecule has 1 N–H and O–H groups in total. The molecule has 0 radical (unpaired) electrons. The Kier molecular flexibility index (Phi) is 5.79. The van der Waals surface area contributed by atoms with E-state index in [1.165, 1.54) is 18.2 Å². The van der Waals surface area contributed by atoms with Crippen molar-refractivity contribution in [1.82, 2.24) is 5.32 Å². The SMILES string of the molecule is CC[C@H](C)[C@H](NC(=O)OCC1c2ccccc2-c2ccccc21)C(=O)OC. The van der Waals surface area contributed by atoms with Gasteiger partial charge in [-0.15, -0.1) is 0 Å². The van der Waals surface area contributed by atoms with Crippen molar-refractivity contribution >= 4 is 12.1 Å². The Balaban J connectivity index is 1.71. The maximum absolute atomic E-state index is 12.3. The van der Waals surface area contributed by atoms with Gasteiger partial charge in [0.15, 0.2) is 0 Å². The van der Waals surface area contributed by atoms with Crippen LogP contribution in [0, 0.1) is 5.92 Å². The zero-order chi connectivity index (χ0) is 19.4. The molecule has 0 aliphatic heterocycles. The highest BCUT2D eigenvalue weighted by Crippen LogP contribution is 2.44. The van der Waals surface area contributed by atoms with Crippen LogP contribution in [0.2, 0.25) is 0 Å². The second-order valence-electron chi connectivity index (χ2n) is 6.86. The van der Waals surface area contributed by atoms with Gasteiger partial charge in [-0.1, -0.05) is 68.8 Å². The molecule has 2 atom stereocenters. The summed E-state index contributed by atoms with van der Waals surface area (Å²) in [4.78, 5) is 24.3. The molecular formula is C22H25NO4. The van der Waals surface area contributed by atoms with E-state index in [1.54, 1.807) is 0 Å². The number of benzene rings is 2. The third-order valence-corrected chi connectivity index (χ3v) is 5.29. The van der Waals surface area contributed by atoms with Gasteiger partial charge in [-0.3, -0.25) is 0 Å². The average Bonchev–Trinajstić information content (AvgIpc) is 3.03. The fraction of sp³-hybridized carbons (Fsp3) is 0.364. The molecule has 0 aromatic heterocycles. The fourth-order valence-corrected chi connectivity index (χ4v) is 3.56. The van der Waals surface area contributed by atoms with Gasteiger partial charge in [-0.05, 0) is 28.2 Å².